The largest absolute Gasteiger partial charge is 0.494 e. The molecule has 0 fully saturated rings. The topological polar surface area (TPSA) is 57.7 Å². The maximum Gasteiger partial charge on any atom is 0.196 e. The molecule has 0 unspecified atom stereocenters. The summed E-state index contributed by atoms with van der Waals surface area (Å²) in [6.45, 7) is 2.49. The second-order valence-corrected chi connectivity index (χ2v) is 7.94. The Kier molecular flexibility index (Phi) is 6.52. The van der Waals surface area contributed by atoms with Crippen LogP contribution in [0.25, 0.3) is 21.9 Å². The van der Waals surface area contributed by atoms with Crippen LogP contribution in [0.4, 0.5) is 0 Å². The lowest BCUT2D eigenvalue weighted by atomic mass is 10.0. The van der Waals surface area contributed by atoms with E-state index in [1.165, 1.54) is 11.3 Å². The number of aromatic nitrogens is 1. The van der Waals surface area contributed by atoms with Crippen LogP contribution in [0.5, 0.6) is 17.2 Å². The first-order chi connectivity index (χ1) is 15.6. The predicted molar refractivity (Wildman–Crippen MR) is 129 cm³/mol. The van der Waals surface area contributed by atoms with Gasteiger partial charge >= 0.3 is 0 Å². The fraction of sp³-hybridized carbons (Fsp3) is 0.154. The second-order valence-electron chi connectivity index (χ2n) is 6.91. The van der Waals surface area contributed by atoms with Gasteiger partial charge in [-0.2, -0.15) is 0 Å². The van der Waals surface area contributed by atoms with Gasteiger partial charge in [-0.05, 0) is 55.5 Å². The molecule has 4 rings (SSSR count). The Morgan fingerprint density at radius 3 is 2.44 bits per heavy atom. The van der Waals surface area contributed by atoms with Crippen LogP contribution in [-0.4, -0.2) is 31.6 Å². The van der Waals surface area contributed by atoms with Crippen molar-refractivity contribution in [2.45, 2.75) is 6.92 Å². The molecule has 1 aromatic heterocycles. The monoisotopic (exact) mass is 445 g/mol. The molecule has 5 nitrogen and oxygen atoms in total. The van der Waals surface area contributed by atoms with Gasteiger partial charge in [0.25, 0.3) is 0 Å². The zero-order valence-corrected chi connectivity index (χ0v) is 18.9. The van der Waals surface area contributed by atoms with E-state index in [4.69, 9.17) is 19.2 Å². The molecule has 0 bridgehead atoms. The number of benzene rings is 3. The molecule has 0 aliphatic carbocycles. The van der Waals surface area contributed by atoms with Crippen molar-refractivity contribution < 1.29 is 19.0 Å². The number of carbonyl (C=O) groups excluding carboxylic acids is 1. The molecular weight excluding hydrogens is 422 g/mol. The Hall–Kier alpha value is -3.64. The number of carbonyl (C=O) groups is 1. The van der Waals surface area contributed by atoms with E-state index in [-0.39, 0.29) is 5.78 Å². The van der Waals surface area contributed by atoms with Crippen molar-refractivity contribution in [2.24, 2.45) is 0 Å². The number of fused-ring (bicyclic) bond motifs is 1. The summed E-state index contributed by atoms with van der Waals surface area (Å²) >= 11 is 1.49. The Bertz CT molecular complexity index is 1240. The third-order valence-electron chi connectivity index (χ3n) is 4.93. The molecule has 0 aliphatic rings. The Balaban J connectivity index is 1.85. The lowest BCUT2D eigenvalue weighted by Crippen LogP contribution is -2.03. The highest BCUT2D eigenvalue weighted by Crippen LogP contribution is 2.36. The van der Waals surface area contributed by atoms with Crippen LogP contribution in [0, 0.1) is 0 Å². The van der Waals surface area contributed by atoms with Crippen LogP contribution < -0.4 is 14.2 Å². The first-order valence-corrected chi connectivity index (χ1v) is 11.0. The van der Waals surface area contributed by atoms with E-state index in [0.29, 0.717) is 34.3 Å². The van der Waals surface area contributed by atoms with Gasteiger partial charge in [0.2, 0.25) is 0 Å². The third kappa shape index (κ3) is 4.36. The first-order valence-electron chi connectivity index (χ1n) is 10.2. The molecule has 6 heteroatoms. The number of hydrogen-bond donors (Lipinski definition) is 0. The highest BCUT2D eigenvalue weighted by molar-refractivity contribution is 7.20. The normalized spacial score (nSPS) is 11.4. The fourth-order valence-corrected chi connectivity index (χ4v) is 4.40. The number of nitrogens with zero attached hydrogens (tertiary/aromatic N) is 1. The zero-order valence-electron chi connectivity index (χ0n) is 18.1. The van der Waals surface area contributed by atoms with E-state index in [1.54, 1.807) is 38.5 Å². The van der Waals surface area contributed by atoms with Gasteiger partial charge in [0.15, 0.2) is 17.3 Å². The minimum Gasteiger partial charge on any atom is -0.494 e. The third-order valence-corrected chi connectivity index (χ3v) is 6.00. The van der Waals surface area contributed by atoms with E-state index >= 15 is 0 Å². The zero-order chi connectivity index (χ0) is 22.5. The maximum atomic E-state index is 13.6. The molecule has 0 saturated heterocycles. The van der Waals surface area contributed by atoms with Gasteiger partial charge in [0, 0.05) is 11.1 Å². The van der Waals surface area contributed by atoms with Crippen LogP contribution in [0.2, 0.25) is 0 Å². The minimum absolute atomic E-state index is 0.128. The summed E-state index contributed by atoms with van der Waals surface area (Å²) in [4.78, 5) is 18.4. The van der Waals surface area contributed by atoms with Gasteiger partial charge in [0.05, 0.1) is 36.6 Å². The van der Waals surface area contributed by atoms with Gasteiger partial charge < -0.3 is 14.2 Å². The lowest BCUT2D eigenvalue weighted by Gasteiger charge is -2.11. The summed E-state index contributed by atoms with van der Waals surface area (Å²) in [5.41, 5.74) is 2.64. The molecule has 3 aromatic carbocycles. The summed E-state index contributed by atoms with van der Waals surface area (Å²) in [7, 11) is 3.17. The molecule has 0 aliphatic heterocycles. The number of methoxy groups -OCH3 is 2. The molecule has 0 saturated carbocycles. The van der Waals surface area contributed by atoms with Crippen LogP contribution >= 0.6 is 11.3 Å². The molecule has 0 atom stereocenters. The summed E-state index contributed by atoms with van der Waals surface area (Å²) in [6.07, 6.45) is 1.82. The molecule has 0 spiro atoms. The number of ketones is 1. The molecule has 32 heavy (non-hydrogen) atoms. The number of Topliss-reactive ketones (excluding diaryl/α,β-unsaturated/α-hetero) is 1. The van der Waals surface area contributed by atoms with Crippen molar-refractivity contribution in [2.75, 3.05) is 20.8 Å². The highest BCUT2D eigenvalue weighted by atomic mass is 32.1. The number of hydrogen-bond acceptors (Lipinski definition) is 6. The number of ether oxygens (including phenoxy) is 3. The second kappa shape index (κ2) is 9.66. The first kappa shape index (κ1) is 21.6. The van der Waals surface area contributed by atoms with Crippen LogP contribution in [0.15, 0.2) is 66.7 Å². The number of rotatable bonds is 8. The number of allylic oxidation sites excluding steroid dienone is 1. The van der Waals surface area contributed by atoms with E-state index < -0.39 is 0 Å². The van der Waals surface area contributed by atoms with Crippen molar-refractivity contribution in [3.8, 4) is 17.2 Å². The van der Waals surface area contributed by atoms with Gasteiger partial charge in [-0.1, -0.05) is 24.3 Å². The van der Waals surface area contributed by atoms with E-state index in [0.717, 1.165) is 21.5 Å². The number of thiazole rings is 1. The van der Waals surface area contributed by atoms with Crippen molar-refractivity contribution in [3.63, 3.8) is 0 Å². The summed E-state index contributed by atoms with van der Waals surface area (Å²) in [5, 5.41) is 0.648. The Morgan fingerprint density at radius 1 is 0.969 bits per heavy atom. The van der Waals surface area contributed by atoms with E-state index in [1.807, 2.05) is 55.5 Å². The van der Waals surface area contributed by atoms with Crippen LogP contribution in [0.3, 0.4) is 0 Å². The molecular formula is C26H23NO4S. The summed E-state index contributed by atoms with van der Waals surface area (Å²) in [6, 6.07) is 20.6. The molecule has 0 N–H and O–H groups in total. The van der Waals surface area contributed by atoms with Gasteiger partial charge in [-0.3, -0.25) is 4.79 Å². The lowest BCUT2D eigenvalue weighted by molar-refractivity contribution is 0.105. The SMILES string of the molecule is CCOc1ccc(C(=O)C(=Cc2cccc(OC)c2OC)c2nc3ccccc3s2)cc1. The molecule has 162 valence electrons. The Morgan fingerprint density at radius 2 is 1.75 bits per heavy atom. The molecule has 0 radical (unpaired) electrons. The van der Waals surface area contributed by atoms with Gasteiger partial charge in [0.1, 0.15) is 10.8 Å². The molecule has 4 aromatic rings. The number of para-hydroxylation sites is 2. The summed E-state index contributed by atoms with van der Waals surface area (Å²) < 4.78 is 17.5. The van der Waals surface area contributed by atoms with Crippen molar-refractivity contribution in [1.82, 2.24) is 4.98 Å². The molecule has 1 heterocycles. The average Bonchev–Trinajstić information content (AvgIpc) is 3.26. The van der Waals surface area contributed by atoms with Crippen LogP contribution in [0.1, 0.15) is 27.9 Å². The average molecular weight is 446 g/mol. The van der Waals surface area contributed by atoms with E-state index in [2.05, 4.69) is 0 Å². The minimum atomic E-state index is -0.128. The van der Waals surface area contributed by atoms with Crippen LogP contribution in [-0.2, 0) is 0 Å². The highest BCUT2D eigenvalue weighted by Gasteiger charge is 2.20. The summed E-state index contributed by atoms with van der Waals surface area (Å²) in [5.74, 6) is 1.76. The smallest absolute Gasteiger partial charge is 0.196 e. The maximum absolute atomic E-state index is 13.6. The van der Waals surface area contributed by atoms with Crippen molar-refractivity contribution >= 4 is 39.0 Å². The van der Waals surface area contributed by atoms with Gasteiger partial charge in [-0.15, -0.1) is 11.3 Å². The van der Waals surface area contributed by atoms with Crippen molar-refractivity contribution in [1.29, 1.82) is 0 Å². The van der Waals surface area contributed by atoms with Crippen molar-refractivity contribution in [3.05, 3.63) is 82.9 Å². The molecule has 0 amide bonds. The van der Waals surface area contributed by atoms with Gasteiger partial charge in [-0.25, -0.2) is 4.98 Å². The standard InChI is InChI=1S/C26H23NO4S/c1-4-31-19-14-12-17(13-15-19)24(28)20(26-27-21-9-5-6-11-23(21)32-26)16-18-8-7-10-22(29-2)25(18)30-3/h5-16H,4H2,1-3H3. The fourth-order valence-electron chi connectivity index (χ4n) is 3.42. The Labute approximate surface area is 190 Å². The predicted octanol–water partition coefficient (Wildman–Crippen LogP) is 6.14. The van der Waals surface area contributed by atoms with E-state index in [9.17, 15) is 4.79 Å². The quantitative estimate of drug-likeness (QED) is 0.241.